The first-order valence-electron chi connectivity index (χ1n) is 9.69. The van der Waals surface area contributed by atoms with Gasteiger partial charge in [-0.15, -0.1) is 0 Å². The molecule has 1 amide bonds. The van der Waals surface area contributed by atoms with Crippen LogP contribution in [0, 0.1) is 5.82 Å². The van der Waals surface area contributed by atoms with Crippen LogP contribution < -0.4 is 10.3 Å². The predicted molar refractivity (Wildman–Crippen MR) is 118 cm³/mol. The van der Waals surface area contributed by atoms with Gasteiger partial charge in [0.25, 0.3) is 5.91 Å². The minimum Gasteiger partial charge on any atom is -0.477 e. The highest BCUT2D eigenvalue weighted by molar-refractivity contribution is 6.06. The van der Waals surface area contributed by atoms with E-state index in [0.717, 1.165) is 16.5 Å². The van der Waals surface area contributed by atoms with Gasteiger partial charge in [-0.3, -0.25) is 14.6 Å². The fourth-order valence-corrected chi connectivity index (χ4v) is 3.51. The van der Waals surface area contributed by atoms with Crippen molar-refractivity contribution in [2.24, 2.45) is 0 Å². The van der Waals surface area contributed by atoms with Gasteiger partial charge in [0.15, 0.2) is 0 Å². The number of carboxylic acids is 1. The summed E-state index contributed by atoms with van der Waals surface area (Å²) < 4.78 is 16.6. The van der Waals surface area contributed by atoms with Crippen molar-refractivity contribution in [3.05, 3.63) is 106 Å². The van der Waals surface area contributed by atoms with Gasteiger partial charge in [0.1, 0.15) is 11.4 Å². The van der Waals surface area contributed by atoms with Crippen LogP contribution in [0.4, 0.5) is 10.1 Å². The molecule has 0 atom stereocenters. The van der Waals surface area contributed by atoms with Crippen LogP contribution in [0.2, 0.25) is 0 Å². The van der Waals surface area contributed by atoms with Crippen molar-refractivity contribution in [2.75, 3.05) is 11.9 Å². The van der Waals surface area contributed by atoms with Gasteiger partial charge >= 0.3 is 5.97 Å². The number of nitrogens with zero attached hydrogens (tertiary/aromatic N) is 3. The number of aromatic carboxylic acids is 1. The zero-order chi connectivity index (χ0) is 22.8. The number of amides is 1. The molecule has 1 N–H and O–H groups in total. The molecule has 0 saturated carbocycles. The van der Waals surface area contributed by atoms with Gasteiger partial charge in [0.05, 0.1) is 11.2 Å². The molecule has 0 aliphatic rings. The Balaban J connectivity index is 1.90. The molecule has 0 aliphatic heterocycles. The van der Waals surface area contributed by atoms with E-state index in [4.69, 9.17) is 0 Å². The Hall–Kier alpha value is -4.33. The van der Waals surface area contributed by atoms with Gasteiger partial charge < -0.3 is 14.6 Å². The molecule has 0 radical (unpaired) electrons. The topological polar surface area (TPSA) is 92.5 Å². The maximum Gasteiger partial charge on any atom is 0.341 e. The summed E-state index contributed by atoms with van der Waals surface area (Å²) in [5.74, 6) is -2.64. The largest absolute Gasteiger partial charge is 0.477 e. The van der Waals surface area contributed by atoms with E-state index >= 15 is 4.39 Å². The van der Waals surface area contributed by atoms with Crippen LogP contribution in [0.3, 0.4) is 0 Å². The lowest BCUT2D eigenvalue weighted by Crippen LogP contribution is -2.27. The molecule has 0 fully saturated rings. The Morgan fingerprint density at radius 2 is 1.88 bits per heavy atom. The number of fused-ring (bicyclic) bond motifs is 1. The lowest BCUT2D eigenvalue weighted by molar-refractivity contribution is 0.0694. The van der Waals surface area contributed by atoms with E-state index in [2.05, 4.69) is 4.98 Å². The molecule has 0 bridgehead atoms. The Bertz CT molecular complexity index is 1390. The monoisotopic (exact) mass is 431 g/mol. The second kappa shape index (κ2) is 8.43. The summed E-state index contributed by atoms with van der Waals surface area (Å²) in [4.78, 5) is 42.3. The smallest absolute Gasteiger partial charge is 0.341 e. The van der Waals surface area contributed by atoms with Crippen molar-refractivity contribution in [3.63, 3.8) is 0 Å². The van der Waals surface area contributed by atoms with E-state index < -0.39 is 28.7 Å². The number of rotatable bonds is 5. The van der Waals surface area contributed by atoms with Crippen LogP contribution in [0.1, 0.15) is 26.3 Å². The second-order valence-corrected chi connectivity index (χ2v) is 7.22. The minimum absolute atomic E-state index is 0.0336. The van der Waals surface area contributed by atoms with E-state index in [9.17, 15) is 19.5 Å². The zero-order valence-electron chi connectivity index (χ0n) is 17.0. The average Bonchev–Trinajstić information content (AvgIpc) is 2.80. The summed E-state index contributed by atoms with van der Waals surface area (Å²) in [7, 11) is 1.44. The number of benzene rings is 2. The number of anilines is 1. The zero-order valence-corrected chi connectivity index (χ0v) is 17.0. The molecule has 2 heterocycles. The first kappa shape index (κ1) is 20.9. The first-order chi connectivity index (χ1) is 15.4. The lowest BCUT2D eigenvalue weighted by Gasteiger charge is -2.20. The molecule has 32 heavy (non-hydrogen) atoms. The Morgan fingerprint density at radius 1 is 1.12 bits per heavy atom. The Labute approximate surface area is 182 Å². The van der Waals surface area contributed by atoms with Crippen LogP contribution >= 0.6 is 0 Å². The third-order valence-corrected chi connectivity index (χ3v) is 5.14. The third kappa shape index (κ3) is 3.85. The molecule has 8 heteroatoms. The molecule has 160 valence electrons. The van der Waals surface area contributed by atoms with Crippen molar-refractivity contribution in [3.8, 4) is 0 Å². The summed E-state index contributed by atoms with van der Waals surface area (Å²) in [6, 6.07) is 14.3. The molecule has 7 nitrogen and oxygen atoms in total. The number of hydrogen-bond acceptors (Lipinski definition) is 4. The molecule has 0 saturated heterocycles. The van der Waals surface area contributed by atoms with Crippen molar-refractivity contribution in [1.29, 1.82) is 0 Å². The summed E-state index contributed by atoms with van der Waals surface area (Å²) in [5.41, 5.74) is 0.137. The van der Waals surface area contributed by atoms with Crippen molar-refractivity contribution in [2.45, 2.75) is 6.54 Å². The number of carboxylic acid groups (broad SMARTS) is 1. The van der Waals surface area contributed by atoms with Crippen LogP contribution in [0.25, 0.3) is 10.9 Å². The predicted octanol–water partition coefficient (Wildman–Crippen LogP) is 3.56. The second-order valence-electron chi connectivity index (χ2n) is 7.22. The summed E-state index contributed by atoms with van der Waals surface area (Å²) in [6.45, 7) is 0.201. The molecule has 0 unspecified atom stereocenters. The van der Waals surface area contributed by atoms with Gasteiger partial charge in [0.2, 0.25) is 5.43 Å². The van der Waals surface area contributed by atoms with Gasteiger partial charge in [-0.2, -0.15) is 0 Å². The van der Waals surface area contributed by atoms with Crippen LogP contribution in [-0.4, -0.2) is 33.6 Å². The Morgan fingerprint density at radius 3 is 2.53 bits per heavy atom. The molecule has 0 spiro atoms. The molecule has 2 aromatic heterocycles. The third-order valence-electron chi connectivity index (χ3n) is 5.14. The number of carbonyl (C=O) groups excluding carboxylic acids is 1. The maximum absolute atomic E-state index is 15.0. The fourth-order valence-electron chi connectivity index (χ4n) is 3.51. The SMILES string of the molecule is CN(C(=O)c1ccccc1)c1cc2c(cc1F)c(=O)c(C(=O)O)cn2Cc1cccnc1. The highest BCUT2D eigenvalue weighted by Crippen LogP contribution is 2.26. The van der Waals surface area contributed by atoms with Gasteiger partial charge in [-0.1, -0.05) is 24.3 Å². The summed E-state index contributed by atoms with van der Waals surface area (Å²) in [5, 5.41) is 9.37. The van der Waals surface area contributed by atoms with Crippen LogP contribution in [0.15, 0.2) is 78.0 Å². The van der Waals surface area contributed by atoms with E-state index in [1.807, 2.05) is 0 Å². The standard InChI is InChI=1S/C24H18FN3O4/c1-27(23(30)16-7-3-2-4-8-16)21-11-20-17(10-19(21)25)22(29)18(24(31)32)14-28(20)13-15-6-5-9-26-12-15/h2-12,14H,13H2,1H3,(H,31,32). The number of aromatic nitrogens is 2. The molecular formula is C24H18FN3O4. The van der Waals surface area contributed by atoms with Gasteiger partial charge in [0, 0.05) is 43.1 Å². The van der Waals surface area contributed by atoms with Gasteiger partial charge in [-0.05, 0) is 35.9 Å². The number of carbonyl (C=O) groups is 2. The first-order valence-corrected chi connectivity index (χ1v) is 9.69. The molecule has 4 aromatic rings. The highest BCUT2D eigenvalue weighted by Gasteiger charge is 2.21. The number of hydrogen-bond donors (Lipinski definition) is 1. The number of pyridine rings is 2. The van der Waals surface area contributed by atoms with E-state index in [1.165, 1.54) is 19.3 Å². The van der Waals surface area contributed by atoms with Crippen molar-refractivity contribution in [1.82, 2.24) is 9.55 Å². The lowest BCUT2D eigenvalue weighted by atomic mass is 10.1. The molecule has 2 aromatic carbocycles. The quantitative estimate of drug-likeness (QED) is 0.522. The Kier molecular flexibility index (Phi) is 5.51. The average molecular weight is 431 g/mol. The fraction of sp³-hybridized carbons (Fsp3) is 0.0833. The normalized spacial score (nSPS) is 10.8. The molecular weight excluding hydrogens is 413 g/mol. The van der Waals surface area contributed by atoms with Gasteiger partial charge in [-0.25, -0.2) is 9.18 Å². The van der Waals surface area contributed by atoms with Crippen LogP contribution in [-0.2, 0) is 6.54 Å². The van der Waals surface area contributed by atoms with Crippen LogP contribution in [0.5, 0.6) is 0 Å². The van der Waals surface area contributed by atoms with E-state index in [1.54, 1.807) is 59.4 Å². The maximum atomic E-state index is 15.0. The van der Waals surface area contributed by atoms with Crippen molar-refractivity contribution < 1.29 is 19.1 Å². The number of halogens is 1. The van der Waals surface area contributed by atoms with Crippen molar-refractivity contribution >= 4 is 28.5 Å². The van der Waals surface area contributed by atoms with E-state index in [0.29, 0.717) is 11.1 Å². The molecule has 0 aliphatic carbocycles. The summed E-state index contributed by atoms with van der Waals surface area (Å²) >= 11 is 0. The highest BCUT2D eigenvalue weighted by atomic mass is 19.1. The summed E-state index contributed by atoms with van der Waals surface area (Å²) in [6.07, 6.45) is 4.44. The molecule has 4 rings (SSSR count). The minimum atomic E-state index is -1.40. The van der Waals surface area contributed by atoms with E-state index in [-0.39, 0.29) is 17.6 Å².